The van der Waals surface area contributed by atoms with E-state index in [0.717, 1.165) is 18.5 Å². The molecule has 1 heterocycles. The lowest BCUT2D eigenvalue weighted by Gasteiger charge is -2.11. The van der Waals surface area contributed by atoms with Gasteiger partial charge in [0.05, 0.1) is 0 Å². The van der Waals surface area contributed by atoms with Gasteiger partial charge in [0.25, 0.3) is 0 Å². The first-order valence-electron chi connectivity index (χ1n) is 6.77. The Hall–Kier alpha value is -1.63. The van der Waals surface area contributed by atoms with Crippen molar-refractivity contribution >= 4 is 51.9 Å². The largest absolute Gasteiger partial charge is 0.331 e. The van der Waals surface area contributed by atoms with Gasteiger partial charge in [-0.25, -0.2) is 0 Å². The molecule has 1 aromatic carbocycles. The summed E-state index contributed by atoms with van der Waals surface area (Å²) in [5.74, 6) is -0.0909. The monoisotopic (exact) mass is 353 g/mol. The predicted molar refractivity (Wildman–Crippen MR) is 96.2 cm³/mol. The van der Waals surface area contributed by atoms with E-state index in [9.17, 15) is 4.79 Å². The topological polar surface area (TPSA) is 53.2 Å². The maximum atomic E-state index is 11.7. The van der Waals surface area contributed by atoms with Crippen molar-refractivity contribution in [3.05, 3.63) is 51.7 Å². The smallest absolute Gasteiger partial charge is 0.238 e. The minimum atomic E-state index is -0.0909. The van der Waals surface area contributed by atoms with Crippen LogP contribution in [0.3, 0.4) is 0 Å². The Bertz CT molecular complexity index is 631. The molecule has 0 aliphatic heterocycles. The molecule has 4 nitrogen and oxygen atoms in total. The molecule has 2 rings (SSSR count). The molecule has 0 saturated heterocycles. The fourth-order valence-electron chi connectivity index (χ4n) is 1.80. The van der Waals surface area contributed by atoms with Crippen molar-refractivity contribution in [1.82, 2.24) is 10.9 Å². The number of halogens is 1. The van der Waals surface area contributed by atoms with Crippen molar-refractivity contribution < 1.29 is 4.79 Å². The standard InChI is InChI=1S/C15H16ClN3OS2/c16-11-4-1-5-12(10-11)17-15(21)19-18-14(20)8-2-6-13-7-3-9-22-13/h1,3-5,7,9-10H,2,6,8H2,(H,18,20)(H2,17,19,21). The lowest BCUT2D eigenvalue weighted by Crippen LogP contribution is -2.43. The Morgan fingerprint density at radius 1 is 1.23 bits per heavy atom. The molecule has 1 amide bonds. The van der Waals surface area contributed by atoms with Crippen molar-refractivity contribution in [2.45, 2.75) is 19.3 Å². The number of anilines is 1. The highest BCUT2D eigenvalue weighted by Crippen LogP contribution is 2.14. The van der Waals surface area contributed by atoms with Gasteiger partial charge >= 0.3 is 0 Å². The Labute approximate surface area is 143 Å². The van der Waals surface area contributed by atoms with Crippen LogP contribution in [0.1, 0.15) is 17.7 Å². The maximum Gasteiger partial charge on any atom is 0.238 e. The fraction of sp³-hybridized carbons (Fsp3) is 0.200. The summed E-state index contributed by atoms with van der Waals surface area (Å²) < 4.78 is 0. The lowest BCUT2D eigenvalue weighted by atomic mass is 10.2. The number of nitrogens with one attached hydrogen (secondary N) is 3. The van der Waals surface area contributed by atoms with E-state index in [4.69, 9.17) is 23.8 Å². The van der Waals surface area contributed by atoms with E-state index in [1.165, 1.54) is 4.88 Å². The average Bonchev–Trinajstić information content (AvgIpc) is 2.98. The summed E-state index contributed by atoms with van der Waals surface area (Å²) in [7, 11) is 0. The zero-order chi connectivity index (χ0) is 15.8. The van der Waals surface area contributed by atoms with Crippen LogP contribution in [0, 0.1) is 0 Å². The molecule has 0 aliphatic rings. The molecule has 116 valence electrons. The molecule has 3 N–H and O–H groups in total. The van der Waals surface area contributed by atoms with Gasteiger partial charge in [-0.15, -0.1) is 11.3 Å². The third-order valence-corrected chi connectivity index (χ3v) is 4.18. The quantitative estimate of drug-likeness (QED) is 0.566. The van der Waals surface area contributed by atoms with Gasteiger partial charge < -0.3 is 5.32 Å². The second-order valence-electron chi connectivity index (χ2n) is 4.57. The third kappa shape index (κ3) is 6.01. The van der Waals surface area contributed by atoms with E-state index in [1.54, 1.807) is 23.5 Å². The van der Waals surface area contributed by atoms with E-state index in [-0.39, 0.29) is 5.91 Å². The SMILES string of the molecule is O=C(CCCc1cccs1)NNC(=S)Nc1cccc(Cl)c1. The van der Waals surface area contributed by atoms with Crippen LogP contribution in [0.5, 0.6) is 0 Å². The normalized spacial score (nSPS) is 10.0. The Morgan fingerprint density at radius 2 is 2.09 bits per heavy atom. The van der Waals surface area contributed by atoms with Crippen molar-refractivity contribution in [1.29, 1.82) is 0 Å². The van der Waals surface area contributed by atoms with Gasteiger partial charge in [-0.1, -0.05) is 23.7 Å². The summed E-state index contributed by atoms with van der Waals surface area (Å²) in [5.41, 5.74) is 6.01. The van der Waals surface area contributed by atoms with E-state index >= 15 is 0 Å². The number of amides is 1. The first-order valence-corrected chi connectivity index (χ1v) is 8.44. The minimum Gasteiger partial charge on any atom is -0.331 e. The summed E-state index contributed by atoms with van der Waals surface area (Å²) in [4.78, 5) is 13.0. The number of carbonyl (C=O) groups excluding carboxylic acids is 1. The molecular weight excluding hydrogens is 338 g/mol. The van der Waals surface area contributed by atoms with Crippen LogP contribution in [-0.2, 0) is 11.2 Å². The molecule has 7 heteroatoms. The molecule has 0 saturated carbocycles. The van der Waals surface area contributed by atoms with E-state index in [2.05, 4.69) is 22.2 Å². The first-order chi connectivity index (χ1) is 10.6. The van der Waals surface area contributed by atoms with Gasteiger partial charge in [-0.3, -0.25) is 15.6 Å². The third-order valence-electron chi connectivity index (χ3n) is 2.81. The number of thiocarbonyl (C=S) groups is 1. The number of carbonyl (C=O) groups is 1. The summed E-state index contributed by atoms with van der Waals surface area (Å²) in [6.45, 7) is 0. The highest BCUT2D eigenvalue weighted by molar-refractivity contribution is 7.80. The van der Waals surface area contributed by atoms with Crippen LogP contribution in [0.2, 0.25) is 5.02 Å². The van der Waals surface area contributed by atoms with E-state index in [1.807, 2.05) is 23.6 Å². The highest BCUT2D eigenvalue weighted by atomic mass is 35.5. The van der Waals surface area contributed by atoms with Gasteiger partial charge in [0.15, 0.2) is 5.11 Å². The minimum absolute atomic E-state index is 0.0909. The molecule has 22 heavy (non-hydrogen) atoms. The van der Waals surface area contributed by atoms with Gasteiger partial charge in [0, 0.05) is 22.0 Å². The Balaban J connectivity index is 1.64. The van der Waals surface area contributed by atoms with Gasteiger partial charge in [-0.2, -0.15) is 0 Å². The molecule has 0 aliphatic carbocycles. The number of thiophene rings is 1. The second kappa shape index (κ2) is 8.73. The molecule has 0 bridgehead atoms. The Morgan fingerprint density at radius 3 is 2.82 bits per heavy atom. The fourth-order valence-corrected chi connectivity index (χ4v) is 2.91. The van der Waals surface area contributed by atoms with E-state index < -0.39 is 0 Å². The molecule has 0 unspecified atom stereocenters. The number of hydrogen-bond donors (Lipinski definition) is 3. The second-order valence-corrected chi connectivity index (χ2v) is 6.45. The molecule has 0 radical (unpaired) electrons. The van der Waals surface area contributed by atoms with Gasteiger partial charge in [0.2, 0.25) is 5.91 Å². The number of benzene rings is 1. The first kappa shape index (κ1) is 16.7. The van der Waals surface area contributed by atoms with Crippen LogP contribution in [-0.4, -0.2) is 11.0 Å². The van der Waals surface area contributed by atoms with Gasteiger partial charge in [-0.05, 0) is 54.7 Å². The van der Waals surface area contributed by atoms with Crippen LogP contribution in [0.4, 0.5) is 5.69 Å². The van der Waals surface area contributed by atoms with E-state index in [0.29, 0.717) is 16.6 Å². The van der Waals surface area contributed by atoms with Crippen LogP contribution in [0.25, 0.3) is 0 Å². The number of hydrazine groups is 1. The number of hydrogen-bond acceptors (Lipinski definition) is 3. The zero-order valence-electron chi connectivity index (χ0n) is 11.8. The molecule has 2 aromatic rings. The zero-order valence-corrected chi connectivity index (χ0v) is 14.2. The Kier molecular flexibility index (Phi) is 6.64. The molecule has 0 spiro atoms. The summed E-state index contributed by atoms with van der Waals surface area (Å²) in [5, 5.41) is 5.91. The van der Waals surface area contributed by atoms with Crippen molar-refractivity contribution in [2.24, 2.45) is 0 Å². The number of rotatable bonds is 5. The summed E-state index contributed by atoms with van der Waals surface area (Å²) in [6.07, 6.45) is 2.17. The summed E-state index contributed by atoms with van der Waals surface area (Å²) in [6, 6.07) is 11.3. The van der Waals surface area contributed by atoms with Crippen LogP contribution >= 0.6 is 35.2 Å². The molecule has 0 atom stereocenters. The van der Waals surface area contributed by atoms with Crippen LogP contribution < -0.4 is 16.2 Å². The molecular formula is C15H16ClN3OS2. The highest BCUT2D eigenvalue weighted by Gasteiger charge is 2.03. The number of aryl methyl sites for hydroxylation is 1. The summed E-state index contributed by atoms with van der Waals surface area (Å²) >= 11 is 12.7. The van der Waals surface area contributed by atoms with Crippen molar-refractivity contribution in [3.63, 3.8) is 0 Å². The predicted octanol–water partition coefficient (Wildman–Crippen LogP) is 3.74. The molecule has 1 aromatic heterocycles. The molecule has 0 fully saturated rings. The maximum absolute atomic E-state index is 11.7. The average molecular weight is 354 g/mol. The van der Waals surface area contributed by atoms with Gasteiger partial charge in [0.1, 0.15) is 0 Å². The van der Waals surface area contributed by atoms with Crippen molar-refractivity contribution in [3.8, 4) is 0 Å². The lowest BCUT2D eigenvalue weighted by molar-refractivity contribution is -0.121. The van der Waals surface area contributed by atoms with Crippen molar-refractivity contribution in [2.75, 3.05) is 5.32 Å². The van der Waals surface area contributed by atoms with Crippen LogP contribution in [0.15, 0.2) is 41.8 Å².